The van der Waals surface area contributed by atoms with Crippen molar-refractivity contribution in [2.24, 2.45) is 0 Å². The van der Waals surface area contributed by atoms with Crippen LogP contribution in [0.4, 0.5) is 18.9 Å². The second-order valence-corrected chi connectivity index (χ2v) is 7.37. The van der Waals surface area contributed by atoms with Gasteiger partial charge >= 0.3 is 6.18 Å². The minimum absolute atomic E-state index is 0.265. The zero-order valence-corrected chi connectivity index (χ0v) is 17.9. The van der Waals surface area contributed by atoms with Gasteiger partial charge in [-0.2, -0.15) is 18.4 Å². The van der Waals surface area contributed by atoms with Crippen molar-refractivity contribution in [3.63, 3.8) is 0 Å². The Balaban J connectivity index is 2.04. The van der Waals surface area contributed by atoms with Crippen molar-refractivity contribution in [2.45, 2.75) is 32.4 Å². The molecular formula is C22H23ClF3N3O2. The Morgan fingerprint density at radius 3 is 2.58 bits per heavy atom. The number of rotatable bonds is 9. The van der Waals surface area contributed by atoms with Crippen LogP contribution in [0.15, 0.2) is 30.3 Å². The first kappa shape index (κ1) is 24.4. The number of phenolic OH excluding ortho intramolecular Hbond substituents is 1. The van der Waals surface area contributed by atoms with Crippen LogP contribution in [-0.2, 0) is 6.42 Å². The Morgan fingerprint density at radius 2 is 2.00 bits per heavy atom. The molecular weight excluding hydrogens is 431 g/mol. The normalized spacial score (nSPS) is 11.1. The molecule has 2 aromatic carbocycles. The highest BCUT2D eigenvalue weighted by atomic mass is 35.5. The van der Waals surface area contributed by atoms with E-state index in [1.54, 1.807) is 18.2 Å². The fourth-order valence-corrected chi connectivity index (χ4v) is 3.26. The van der Waals surface area contributed by atoms with Crippen LogP contribution in [0.3, 0.4) is 0 Å². The van der Waals surface area contributed by atoms with E-state index in [1.807, 2.05) is 24.9 Å². The molecule has 2 N–H and O–H groups in total. The third-order valence-corrected chi connectivity index (χ3v) is 5.01. The number of aromatic hydroxyl groups is 1. The first-order valence-corrected chi connectivity index (χ1v) is 10.0. The number of phenols is 1. The Labute approximate surface area is 184 Å². The molecule has 0 heterocycles. The maximum atomic E-state index is 12.9. The van der Waals surface area contributed by atoms with Crippen molar-refractivity contribution in [1.29, 1.82) is 10.7 Å². The summed E-state index contributed by atoms with van der Waals surface area (Å²) in [5, 5.41) is 26.9. The second-order valence-electron chi connectivity index (χ2n) is 6.96. The van der Waals surface area contributed by atoms with Gasteiger partial charge in [-0.3, -0.25) is 5.41 Å². The van der Waals surface area contributed by atoms with E-state index < -0.39 is 23.2 Å². The molecule has 0 amide bonds. The van der Waals surface area contributed by atoms with E-state index >= 15 is 0 Å². The third kappa shape index (κ3) is 6.05. The molecule has 0 aliphatic heterocycles. The number of ether oxygens (including phenoxy) is 1. The lowest BCUT2D eigenvalue weighted by atomic mass is 10.00. The molecule has 5 nitrogen and oxygen atoms in total. The number of hydrogen-bond donors (Lipinski definition) is 2. The summed E-state index contributed by atoms with van der Waals surface area (Å²) >= 11 is 6.06. The summed E-state index contributed by atoms with van der Waals surface area (Å²) in [7, 11) is 1.86. The van der Waals surface area contributed by atoms with Crippen molar-refractivity contribution >= 4 is 23.0 Å². The summed E-state index contributed by atoms with van der Waals surface area (Å²) in [6, 6.07) is 9.56. The molecule has 166 valence electrons. The van der Waals surface area contributed by atoms with Gasteiger partial charge in [0.15, 0.2) is 0 Å². The van der Waals surface area contributed by atoms with Crippen LogP contribution < -0.4 is 9.64 Å². The van der Waals surface area contributed by atoms with Gasteiger partial charge < -0.3 is 14.7 Å². The van der Waals surface area contributed by atoms with E-state index in [0.29, 0.717) is 42.1 Å². The molecule has 0 fully saturated rings. The molecule has 2 aromatic rings. The van der Waals surface area contributed by atoms with E-state index in [-0.39, 0.29) is 12.2 Å². The lowest BCUT2D eigenvalue weighted by Crippen LogP contribution is -2.23. The van der Waals surface area contributed by atoms with Gasteiger partial charge in [0.2, 0.25) is 0 Å². The van der Waals surface area contributed by atoms with Crippen molar-refractivity contribution < 1.29 is 23.0 Å². The number of halogens is 4. The van der Waals surface area contributed by atoms with Crippen LogP contribution in [0.2, 0.25) is 5.02 Å². The van der Waals surface area contributed by atoms with Gasteiger partial charge in [-0.25, -0.2) is 0 Å². The minimum atomic E-state index is -4.84. The number of alkyl halides is 3. The molecule has 0 radical (unpaired) electrons. The van der Waals surface area contributed by atoms with Gasteiger partial charge in [-0.05, 0) is 43.2 Å². The Kier molecular flexibility index (Phi) is 8.17. The van der Waals surface area contributed by atoms with E-state index in [1.165, 1.54) is 6.07 Å². The van der Waals surface area contributed by atoms with Crippen LogP contribution in [-0.4, -0.2) is 37.2 Å². The summed E-state index contributed by atoms with van der Waals surface area (Å²) in [4.78, 5) is 1.94. The molecule has 0 unspecified atom stereocenters. The lowest BCUT2D eigenvalue weighted by molar-refractivity contribution is -0.0588. The van der Waals surface area contributed by atoms with Gasteiger partial charge in [0.25, 0.3) is 0 Å². The SMILES string of the molecule is CCCc1c(OCCCN(C)c2ccc(C#N)c(Cl)c2)ccc(C(=N)C(F)(F)F)c1O. The molecule has 9 heteroatoms. The highest BCUT2D eigenvalue weighted by Gasteiger charge is 2.37. The summed E-state index contributed by atoms with van der Waals surface area (Å²) in [5.41, 5.74) is -0.644. The maximum absolute atomic E-state index is 12.9. The Morgan fingerprint density at radius 1 is 1.29 bits per heavy atom. The number of nitriles is 1. The largest absolute Gasteiger partial charge is 0.507 e. The summed E-state index contributed by atoms with van der Waals surface area (Å²) in [6.07, 6.45) is -3.33. The van der Waals surface area contributed by atoms with Crippen LogP contribution >= 0.6 is 11.6 Å². The fraction of sp³-hybridized carbons (Fsp3) is 0.364. The first-order valence-electron chi connectivity index (χ1n) is 9.64. The molecule has 0 spiro atoms. The Bertz CT molecular complexity index is 987. The molecule has 0 saturated carbocycles. The van der Waals surface area contributed by atoms with Crippen LogP contribution in [0.5, 0.6) is 11.5 Å². The van der Waals surface area contributed by atoms with Crippen LogP contribution in [0.25, 0.3) is 0 Å². The minimum Gasteiger partial charge on any atom is -0.507 e. The van der Waals surface area contributed by atoms with Crippen molar-refractivity contribution in [2.75, 3.05) is 25.1 Å². The highest BCUT2D eigenvalue weighted by Crippen LogP contribution is 2.36. The van der Waals surface area contributed by atoms with Gasteiger partial charge in [0.05, 0.1) is 17.2 Å². The van der Waals surface area contributed by atoms with Gasteiger partial charge in [-0.1, -0.05) is 24.9 Å². The molecule has 0 aromatic heterocycles. The molecule has 2 rings (SSSR count). The predicted octanol–water partition coefficient (Wildman–Crippen LogP) is 5.71. The third-order valence-electron chi connectivity index (χ3n) is 4.70. The molecule has 0 aliphatic carbocycles. The lowest BCUT2D eigenvalue weighted by Gasteiger charge is -2.20. The molecule has 0 saturated heterocycles. The number of nitrogens with zero attached hydrogens (tertiary/aromatic N) is 2. The van der Waals surface area contributed by atoms with Gasteiger partial charge in [0.1, 0.15) is 23.3 Å². The molecule has 0 bridgehead atoms. The monoisotopic (exact) mass is 453 g/mol. The molecule has 31 heavy (non-hydrogen) atoms. The number of nitrogens with one attached hydrogen (secondary N) is 1. The van der Waals surface area contributed by atoms with Crippen LogP contribution in [0.1, 0.15) is 36.5 Å². The maximum Gasteiger partial charge on any atom is 0.433 e. The zero-order valence-electron chi connectivity index (χ0n) is 17.2. The Hall–Kier alpha value is -2.92. The van der Waals surface area contributed by atoms with Gasteiger partial charge in [-0.15, -0.1) is 0 Å². The zero-order chi connectivity index (χ0) is 23.2. The van der Waals surface area contributed by atoms with E-state index in [9.17, 15) is 18.3 Å². The average Bonchev–Trinajstić information content (AvgIpc) is 2.72. The smallest absolute Gasteiger partial charge is 0.433 e. The standard InChI is InChI=1S/C22H23ClF3N3O2/c1-3-5-16-19(9-8-17(20(16)30)21(28)22(24,25)26)31-11-4-10-29(2)15-7-6-14(13-27)18(23)12-15/h6-9,12,28,30H,3-5,10-11H2,1-2H3. The van der Waals surface area contributed by atoms with E-state index in [0.717, 1.165) is 11.8 Å². The number of benzene rings is 2. The molecule has 0 aliphatic rings. The molecule has 0 atom stereocenters. The van der Waals surface area contributed by atoms with Crippen molar-refractivity contribution in [3.8, 4) is 17.6 Å². The highest BCUT2D eigenvalue weighted by molar-refractivity contribution is 6.32. The second kappa shape index (κ2) is 10.4. The summed E-state index contributed by atoms with van der Waals surface area (Å²) < 4.78 is 44.3. The van der Waals surface area contributed by atoms with Gasteiger partial charge in [0, 0.05) is 30.4 Å². The summed E-state index contributed by atoms with van der Waals surface area (Å²) in [6.45, 7) is 2.72. The van der Waals surface area contributed by atoms with Crippen LogP contribution in [0, 0.1) is 16.7 Å². The fourth-order valence-electron chi connectivity index (χ4n) is 3.04. The quantitative estimate of drug-likeness (QED) is 0.376. The van der Waals surface area contributed by atoms with Crippen molar-refractivity contribution in [1.82, 2.24) is 0 Å². The van der Waals surface area contributed by atoms with E-state index in [4.69, 9.17) is 27.0 Å². The predicted molar refractivity (Wildman–Crippen MR) is 115 cm³/mol. The average molecular weight is 454 g/mol. The van der Waals surface area contributed by atoms with Crippen molar-refractivity contribution in [3.05, 3.63) is 52.0 Å². The topological polar surface area (TPSA) is 80.3 Å². The van der Waals surface area contributed by atoms with E-state index in [2.05, 4.69) is 0 Å². The summed E-state index contributed by atoms with van der Waals surface area (Å²) in [5.74, 6) is -0.256. The first-order chi connectivity index (χ1) is 14.6. The number of hydrogen-bond acceptors (Lipinski definition) is 5. The number of anilines is 1.